The third kappa shape index (κ3) is 3.03. The molecule has 1 fully saturated rings. The second kappa shape index (κ2) is 5.55. The smallest absolute Gasteiger partial charge is 0.263 e. The molecule has 0 aromatic heterocycles. The summed E-state index contributed by atoms with van der Waals surface area (Å²) in [6.07, 6.45) is 0.294. The SMILES string of the molecule is CS(=O)C1(CNC(=O)c2ccc(C(F)F)cc2F)CC1. The van der Waals surface area contributed by atoms with Crippen molar-refractivity contribution in [2.45, 2.75) is 24.0 Å². The molecule has 0 spiro atoms. The van der Waals surface area contributed by atoms with E-state index in [1.165, 1.54) is 0 Å². The van der Waals surface area contributed by atoms with E-state index in [4.69, 9.17) is 0 Å². The summed E-state index contributed by atoms with van der Waals surface area (Å²) in [5.41, 5.74) is -0.750. The summed E-state index contributed by atoms with van der Waals surface area (Å²) in [4.78, 5) is 11.8. The van der Waals surface area contributed by atoms with Gasteiger partial charge in [-0.2, -0.15) is 0 Å². The summed E-state index contributed by atoms with van der Waals surface area (Å²) in [5.74, 6) is -1.66. The normalized spacial score (nSPS) is 17.9. The molecule has 1 aliphatic carbocycles. The van der Waals surface area contributed by atoms with Crippen LogP contribution in [0.4, 0.5) is 13.2 Å². The van der Waals surface area contributed by atoms with Crippen molar-refractivity contribution in [1.82, 2.24) is 5.32 Å². The molecular formula is C13H14F3NO2S. The van der Waals surface area contributed by atoms with Crippen molar-refractivity contribution < 1.29 is 22.2 Å². The zero-order valence-electron chi connectivity index (χ0n) is 10.8. The zero-order chi connectivity index (χ0) is 14.9. The van der Waals surface area contributed by atoms with Crippen LogP contribution in [0.3, 0.4) is 0 Å². The summed E-state index contributed by atoms with van der Waals surface area (Å²) in [6.45, 7) is 0.199. The Morgan fingerprint density at radius 1 is 1.45 bits per heavy atom. The summed E-state index contributed by atoms with van der Waals surface area (Å²) in [6, 6.07) is 2.71. The van der Waals surface area contributed by atoms with Gasteiger partial charge in [0.15, 0.2) is 0 Å². The highest BCUT2D eigenvalue weighted by Gasteiger charge is 2.46. The van der Waals surface area contributed by atoms with Gasteiger partial charge in [-0.25, -0.2) is 13.2 Å². The second-order valence-corrected chi connectivity index (χ2v) is 6.63. The maximum Gasteiger partial charge on any atom is 0.263 e. The van der Waals surface area contributed by atoms with Crippen molar-refractivity contribution in [3.63, 3.8) is 0 Å². The number of hydrogen-bond acceptors (Lipinski definition) is 2. The molecule has 0 bridgehead atoms. The van der Waals surface area contributed by atoms with E-state index in [0.29, 0.717) is 6.07 Å². The van der Waals surface area contributed by atoms with Crippen LogP contribution in [-0.2, 0) is 10.8 Å². The molecule has 1 aromatic carbocycles. The molecular weight excluding hydrogens is 291 g/mol. The van der Waals surface area contributed by atoms with Crippen molar-refractivity contribution in [2.24, 2.45) is 0 Å². The Kier molecular flexibility index (Phi) is 4.17. The fourth-order valence-corrected chi connectivity index (χ4v) is 2.85. The number of halogens is 3. The van der Waals surface area contributed by atoms with Crippen LogP contribution in [0.25, 0.3) is 0 Å². The van der Waals surface area contributed by atoms with Crippen molar-refractivity contribution >= 4 is 16.7 Å². The van der Waals surface area contributed by atoms with E-state index in [1.807, 2.05) is 0 Å². The van der Waals surface area contributed by atoms with Gasteiger partial charge in [-0.05, 0) is 25.0 Å². The lowest BCUT2D eigenvalue weighted by molar-refractivity contribution is 0.0948. The van der Waals surface area contributed by atoms with Crippen molar-refractivity contribution in [3.8, 4) is 0 Å². The number of benzene rings is 1. The van der Waals surface area contributed by atoms with Gasteiger partial charge in [-0.15, -0.1) is 0 Å². The van der Waals surface area contributed by atoms with E-state index >= 15 is 0 Å². The van der Waals surface area contributed by atoms with Gasteiger partial charge in [0.05, 0.1) is 10.3 Å². The molecule has 0 radical (unpaired) electrons. The minimum absolute atomic E-state index is 0.199. The predicted octanol–water partition coefficient (Wildman–Crippen LogP) is 2.40. The average molecular weight is 305 g/mol. The van der Waals surface area contributed by atoms with E-state index < -0.39 is 39.3 Å². The van der Waals surface area contributed by atoms with Gasteiger partial charge < -0.3 is 5.32 Å². The molecule has 1 saturated carbocycles. The molecule has 110 valence electrons. The monoisotopic (exact) mass is 305 g/mol. The summed E-state index contributed by atoms with van der Waals surface area (Å²) >= 11 is 0. The van der Waals surface area contributed by atoms with Gasteiger partial charge >= 0.3 is 0 Å². The second-order valence-electron chi connectivity index (χ2n) is 4.86. The van der Waals surface area contributed by atoms with Gasteiger partial charge in [-0.3, -0.25) is 9.00 Å². The maximum absolute atomic E-state index is 13.6. The van der Waals surface area contributed by atoms with Crippen LogP contribution in [0.15, 0.2) is 18.2 Å². The van der Waals surface area contributed by atoms with Crippen LogP contribution >= 0.6 is 0 Å². The molecule has 20 heavy (non-hydrogen) atoms. The van der Waals surface area contributed by atoms with E-state index in [-0.39, 0.29) is 12.1 Å². The molecule has 1 amide bonds. The van der Waals surface area contributed by atoms with Crippen LogP contribution in [0.2, 0.25) is 0 Å². The minimum Gasteiger partial charge on any atom is -0.350 e. The Hall–Kier alpha value is -1.37. The summed E-state index contributed by atoms with van der Waals surface area (Å²) in [5, 5.41) is 2.51. The lowest BCUT2D eigenvalue weighted by atomic mass is 10.1. The number of alkyl halides is 2. The molecule has 2 rings (SSSR count). The van der Waals surface area contributed by atoms with Gasteiger partial charge in [0.2, 0.25) is 0 Å². The largest absolute Gasteiger partial charge is 0.350 e. The topological polar surface area (TPSA) is 46.2 Å². The third-order valence-corrected chi connectivity index (χ3v) is 5.25. The number of hydrogen-bond donors (Lipinski definition) is 1. The molecule has 1 atom stereocenters. The quantitative estimate of drug-likeness (QED) is 0.908. The van der Waals surface area contributed by atoms with Crippen molar-refractivity contribution in [3.05, 3.63) is 35.1 Å². The third-order valence-electron chi connectivity index (χ3n) is 3.48. The van der Waals surface area contributed by atoms with E-state index in [0.717, 1.165) is 25.0 Å². The fourth-order valence-electron chi connectivity index (χ4n) is 1.89. The first kappa shape index (κ1) is 15.0. The molecule has 0 aliphatic heterocycles. The molecule has 1 aliphatic rings. The molecule has 0 saturated heterocycles. The lowest BCUT2D eigenvalue weighted by Crippen LogP contribution is -2.36. The molecule has 7 heteroatoms. The minimum atomic E-state index is -2.78. The molecule has 0 heterocycles. The van der Waals surface area contributed by atoms with Gasteiger partial charge in [0.1, 0.15) is 5.82 Å². The van der Waals surface area contributed by atoms with Crippen LogP contribution in [0.5, 0.6) is 0 Å². The Morgan fingerprint density at radius 2 is 2.10 bits per heavy atom. The van der Waals surface area contributed by atoms with Crippen molar-refractivity contribution in [2.75, 3.05) is 12.8 Å². The number of amides is 1. The van der Waals surface area contributed by atoms with Gasteiger partial charge in [0.25, 0.3) is 12.3 Å². The number of nitrogens with one attached hydrogen (secondary N) is 1. The van der Waals surface area contributed by atoms with Crippen LogP contribution < -0.4 is 5.32 Å². The van der Waals surface area contributed by atoms with Crippen molar-refractivity contribution in [1.29, 1.82) is 0 Å². The number of rotatable bonds is 5. The van der Waals surface area contributed by atoms with E-state index in [2.05, 4.69) is 5.32 Å². The average Bonchev–Trinajstić information content (AvgIpc) is 3.17. The highest BCUT2D eigenvalue weighted by Crippen LogP contribution is 2.40. The van der Waals surface area contributed by atoms with Crippen LogP contribution in [-0.4, -0.2) is 27.7 Å². The number of carbonyl (C=O) groups excluding carboxylic acids is 1. The van der Waals surface area contributed by atoms with Crippen LogP contribution in [0, 0.1) is 5.82 Å². The maximum atomic E-state index is 13.6. The summed E-state index contributed by atoms with van der Waals surface area (Å²) in [7, 11) is -1.06. The fraction of sp³-hybridized carbons (Fsp3) is 0.462. The Morgan fingerprint density at radius 3 is 2.55 bits per heavy atom. The Bertz CT molecular complexity index is 559. The summed E-state index contributed by atoms with van der Waals surface area (Å²) < 4.78 is 49.4. The lowest BCUT2D eigenvalue weighted by Gasteiger charge is -2.13. The first-order valence-electron chi connectivity index (χ1n) is 6.05. The highest BCUT2D eigenvalue weighted by atomic mass is 32.2. The Balaban J connectivity index is 2.05. The van der Waals surface area contributed by atoms with E-state index in [9.17, 15) is 22.2 Å². The molecule has 1 aromatic rings. The van der Waals surface area contributed by atoms with Crippen LogP contribution in [0.1, 0.15) is 35.2 Å². The first-order valence-corrected chi connectivity index (χ1v) is 7.61. The molecule has 1 N–H and O–H groups in total. The number of carbonyl (C=O) groups is 1. The van der Waals surface area contributed by atoms with Gasteiger partial charge in [0, 0.05) is 29.2 Å². The molecule has 1 unspecified atom stereocenters. The Labute approximate surface area is 117 Å². The van der Waals surface area contributed by atoms with E-state index in [1.54, 1.807) is 6.26 Å². The predicted molar refractivity (Wildman–Crippen MR) is 69.7 cm³/mol. The first-order chi connectivity index (χ1) is 9.35. The standard InChI is InChI=1S/C13H14F3NO2S/c1-20(19)13(4-5-13)7-17-12(18)9-3-2-8(11(15)16)6-10(9)14/h2-3,6,11H,4-5,7H2,1H3,(H,17,18). The highest BCUT2D eigenvalue weighted by molar-refractivity contribution is 7.86. The zero-order valence-corrected chi connectivity index (χ0v) is 11.6. The molecule has 3 nitrogen and oxygen atoms in total. The van der Waals surface area contributed by atoms with Gasteiger partial charge in [-0.1, -0.05) is 6.07 Å².